The largest absolute Gasteiger partial charge is 0.494 e. The molecule has 78 heavy (non-hydrogen) atoms. The number of anilines is 6. The molecule has 18 heteroatoms. The van der Waals surface area contributed by atoms with Gasteiger partial charge < -0.3 is 58.2 Å². The summed E-state index contributed by atoms with van der Waals surface area (Å²) in [7, 11) is -0.304. The SMILES string of the molecule is CC1(C)OB(c2ccc3c(c2)CC=C3CCO)OC1(C)C.Clc1cc(Nc2ccc(N3CCOCC3)cn2)c2nccn2c1.OCCC1=CCc2cc(-c3cc(Nc4ccc(N5CCOCC5)cn4)c4nccn4c3)ccc21. The summed E-state index contributed by atoms with van der Waals surface area (Å²) in [6.07, 6.45) is 22.8. The van der Waals surface area contributed by atoms with Crippen LogP contribution in [-0.2, 0) is 31.6 Å². The Kier molecular flexibility index (Phi) is 15.7. The molecule has 402 valence electrons. The molecule has 0 saturated carbocycles. The van der Waals surface area contributed by atoms with Gasteiger partial charge in [-0.3, -0.25) is 0 Å². The van der Waals surface area contributed by atoms with Crippen LogP contribution >= 0.6 is 11.6 Å². The number of nitrogens with zero attached hydrogens (tertiary/aromatic N) is 8. The number of ether oxygens (including phenoxy) is 2. The zero-order valence-corrected chi connectivity index (χ0v) is 45.4. The van der Waals surface area contributed by atoms with Gasteiger partial charge in [0.15, 0.2) is 11.3 Å². The van der Waals surface area contributed by atoms with E-state index in [9.17, 15) is 5.11 Å². The predicted octanol–water partition coefficient (Wildman–Crippen LogP) is 9.57. The number of fused-ring (bicyclic) bond motifs is 4. The van der Waals surface area contributed by atoms with Crippen LogP contribution in [0.2, 0.25) is 5.02 Å². The van der Waals surface area contributed by atoms with Gasteiger partial charge in [0.05, 0.1) is 77.8 Å². The molecule has 6 aromatic heterocycles. The molecule has 3 fully saturated rings. The van der Waals surface area contributed by atoms with E-state index >= 15 is 0 Å². The second-order valence-corrected chi connectivity index (χ2v) is 21.4. The molecule has 3 saturated heterocycles. The van der Waals surface area contributed by atoms with E-state index in [-0.39, 0.29) is 31.5 Å². The molecule has 0 bridgehead atoms. The number of nitrogens with one attached hydrogen (secondary N) is 2. The maximum Gasteiger partial charge on any atom is 0.494 e. The molecule has 0 spiro atoms. The summed E-state index contributed by atoms with van der Waals surface area (Å²) in [5.74, 6) is 1.54. The number of rotatable bonds is 12. The van der Waals surface area contributed by atoms with Gasteiger partial charge in [0, 0.05) is 82.1 Å². The van der Waals surface area contributed by atoms with E-state index in [0.29, 0.717) is 11.4 Å². The van der Waals surface area contributed by atoms with Gasteiger partial charge >= 0.3 is 7.12 Å². The van der Waals surface area contributed by atoms with Crippen LogP contribution in [-0.4, -0.2) is 123 Å². The van der Waals surface area contributed by atoms with E-state index in [1.54, 1.807) is 6.20 Å². The monoisotopic (exact) mass is 1070 g/mol. The van der Waals surface area contributed by atoms with Gasteiger partial charge in [-0.25, -0.2) is 19.9 Å². The minimum absolute atomic E-state index is 0.181. The molecule has 2 aromatic carbocycles. The van der Waals surface area contributed by atoms with E-state index in [1.807, 2.05) is 64.2 Å². The van der Waals surface area contributed by atoms with E-state index in [2.05, 4.69) is 141 Å². The fourth-order valence-corrected chi connectivity index (χ4v) is 10.7. The zero-order valence-electron chi connectivity index (χ0n) is 44.7. The van der Waals surface area contributed by atoms with Crippen LogP contribution in [0.5, 0.6) is 0 Å². The number of hydrogen-bond donors (Lipinski definition) is 4. The van der Waals surface area contributed by atoms with E-state index in [1.165, 1.54) is 33.4 Å². The number of morpholine rings is 2. The normalized spacial score (nSPS) is 17.2. The quantitative estimate of drug-likeness (QED) is 0.0854. The summed E-state index contributed by atoms with van der Waals surface area (Å²) in [5, 5.41) is 25.8. The third-order valence-electron chi connectivity index (χ3n) is 15.4. The highest BCUT2D eigenvalue weighted by atomic mass is 35.5. The van der Waals surface area contributed by atoms with Crippen LogP contribution in [0.4, 0.5) is 34.4 Å². The molecule has 2 aliphatic carbocycles. The Labute approximate surface area is 460 Å². The number of halogens is 1. The van der Waals surface area contributed by atoms with Crippen molar-refractivity contribution in [3.8, 4) is 11.1 Å². The van der Waals surface area contributed by atoms with Crippen molar-refractivity contribution in [2.24, 2.45) is 0 Å². The molecular formula is C60H66BClN10O6. The smallest absolute Gasteiger partial charge is 0.399 e. The van der Waals surface area contributed by atoms with Gasteiger partial charge in [0.2, 0.25) is 0 Å². The Morgan fingerprint density at radius 3 is 1.63 bits per heavy atom. The third-order valence-corrected chi connectivity index (χ3v) is 15.6. The third kappa shape index (κ3) is 11.5. The molecular weight excluding hydrogens is 1000 g/mol. The summed E-state index contributed by atoms with van der Waals surface area (Å²) in [6.45, 7) is 15.3. The first-order chi connectivity index (χ1) is 37.9. The van der Waals surface area contributed by atoms with Gasteiger partial charge in [0.1, 0.15) is 11.6 Å². The average molecular weight is 1070 g/mol. The van der Waals surface area contributed by atoms with Crippen molar-refractivity contribution in [3.05, 3.63) is 162 Å². The fourth-order valence-electron chi connectivity index (χ4n) is 10.5. The number of aromatic nitrogens is 6. The standard InChI is InChI=1S/C27H27N5O2.C17H23BO3.C16H16ClN5O/c33-12-7-19-1-2-21-15-20(3-5-24(19)21)22-16-25(27-28-8-9-32(27)18-22)30-26-6-4-23(17-29-26)31-10-13-34-14-11-31;1-16(2)17(3,4)21-18(20-16)14-7-8-15-12(9-10-19)5-6-13(15)11-14;17-12-9-14(16-18-3-4-22(16)11-12)20-15-2-1-13(10-19-15)21-5-7-23-8-6-21/h1,3-6,8-9,15-18,33H,2,7,10-14H2,(H,29,30);5,7-8,11,19H,6,9-10H2,1-4H3;1-4,9-11H,5-8H2,(H,19,20). The predicted molar refractivity (Wildman–Crippen MR) is 311 cm³/mol. The molecule has 0 radical (unpaired) electrons. The minimum Gasteiger partial charge on any atom is -0.399 e. The second kappa shape index (κ2) is 23.1. The number of allylic oxidation sites excluding steroid dienone is 2. The lowest BCUT2D eigenvalue weighted by Crippen LogP contribution is -2.41. The number of aliphatic hydroxyl groups excluding tert-OH is 2. The highest BCUT2D eigenvalue weighted by molar-refractivity contribution is 6.62. The molecule has 5 aliphatic rings. The molecule has 3 aliphatic heterocycles. The summed E-state index contributed by atoms with van der Waals surface area (Å²) in [5.41, 5.74) is 15.9. The Hall–Kier alpha value is -7.09. The van der Waals surface area contributed by atoms with Crippen molar-refractivity contribution in [2.45, 2.75) is 64.6 Å². The van der Waals surface area contributed by atoms with Crippen molar-refractivity contribution in [1.29, 1.82) is 0 Å². The van der Waals surface area contributed by atoms with E-state index in [0.717, 1.165) is 134 Å². The van der Waals surface area contributed by atoms with Gasteiger partial charge in [-0.2, -0.15) is 0 Å². The Bertz CT molecular complexity index is 3440. The molecule has 9 heterocycles. The molecule has 13 rings (SSSR count). The second-order valence-electron chi connectivity index (χ2n) is 21.0. The van der Waals surface area contributed by atoms with Crippen LogP contribution < -0.4 is 25.9 Å². The highest BCUT2D eigenvalue weighted by Gasteiger charge is 2.51. The Morgan fingerprint density at radius 1 is 0.590 bits per heavy atom. The van der Waals surface area contributed by atoms with Gasteiger partial charge in [-0.1, -0.05) is 60.2 Å². The molecule has 0 unspecified atom stereocenters. The molecule has 0 atom stereocenters. The van der Waals surface area contributed by atoms with Crippen molar-refractivity contribution < 1.29 is 29.0 Å². The fraction of sp³-hybridized carbons (Fsp3) is 0.333. The molecule has 0 amide bonds. The zero-order chi connectivity index (χ0) is 53.8. The minimum atomic E-state index is -0.309. The highest BCUT2D eigenvalue weighted by Crippen LogP contribution is 2.38. The van der Waals surface area contributed by atoms with Crippen LogP contribution in [0.25, 0.3) is 33.6 Å². The number of hydrogen-bond acceptors (Lipinski definition) is 14. The lowest BCUT2D eigenvalue weighted by Gasteiger charge is -2.32. The maximum absolute atomic E-state index is 9.33. The number of pyridine rings is 4. The topological polar surface area (TPSA) is 168 Å². The summed E-state index contributed by atoms with van der Waals surface area (Å²) < 4.78 is 27.0. The lowest BCUT2D eigenvalue weighted by atomic mass is 9.77. The van der Waals surface area contributed by atoms with Crippen molar-refractivity contribution in [2.75, 3.05) is 86.3 Å². The number of imidazole rings is 2. The Morgan fingerprint density at radius 2 is 1.10 bits per heavy atom. The number of aliphatic hydroxyl groups is 2. The van der Waals surface area contributed by atoms with Crippen molar-refractivity contribution in [1.82, 2.24) is 28.7 Å². The Balaban J connectivity index is 0.000000129. The number of benzene rings is 2. The van der Waals surface area contributed by atoms with Crippen molar-refractivity contribution in [3.63, 3.8) is 0 Å². The first-order valence-corrected chi connectivity index (χ1v) is 27.2. The van der Waals surface area contributed by atoms with Crippen LogP contribution in [0.3, 0.4) is 0 Å². The van der Waals surface area contributed by atoms with Gasteiger partial charge in [-0.15, -0.1) is 0 Å². The molecule has 4 N–H and O–H groups in total. The summed E-state index contributed by atoms with van der Waals surface area (Å²) in [4.78, 5) is 22.6. The van der Waals surface area contributed by atoms with Gasteiger partial charge in [0.25, 0.3) is 0 Å². The molecule has 16 nitrogen and oxygen atoms in total. The van der Waals surface area contributed by atoms with Crippen LogP contribution in [0.15, 0.2) is 135 Å². The van der Waals surface area contributed by atoms with E-state index < -0.39 is 0 Å². The lowest BCUT2D eigenvalue weighted by molar-refractivity contribution is 0.00578. The van der Waals surface area contributed by atoms with E-state index in [4.69, 9.17) is 35.5 Å². The van der Waals surface area contributed by atoms with Gasteiger partial charge in [-0.05, 0) is 134 Å². The maximum atomic E-state index is 9.33. The van der Waals surface area contributed by atoms with Crippen LogP contribution in [0.1, 0.15) is 62.8 Å². The van der Waals surface area contributed by atoms with Crippen LogP contribution in [0, 0.1) is 0 Å². The first kappa shape index (κ1) is 52.9. The van der Waals surface area contributed by atoms with Crippen molar-refractivity contribution >= 4 is 81.0 Å². The molecule has 8 aromatic rings. The first-order valence-electron chi connectivity index (χ1n) is 26.8. The average Bonchev–Trinajstić information content (AvgIpc) is 4.39. The summed E-state index contributed by atoms with van der Waals surface area (Å²) >= 11 is 6.15. The summed E-state index contributed by atoms with van der Waals surface area (Å²) in [6, 6.07) is 25.1.